The van der Waals surface area contributed by atoms with Crippen molar-refractivity contribution in [3.8, 4) is 0 Å². The molecule has 0 saturated heterocycles. The zero-order valence-electron chi connectivity index (χ0n) is 16.0. The third-order valence-corrected chi connectivity index (χ3v) is 5.74. The van der Waals surface area contributed by atoms with Crippen molar-refractivity contribution in [3.63, 3.8) is 0 Å². The normalized spacial score (nSPS) is 11.0. The molecular weight excluding hydrogens is 412 g/mol. The van der Waals surface area contributed by atoms with Crippen LogP contribution < -0.4 is 5.56 Å². The van der Waals surface area contributed by atoms with Crippen LogP contribution in [0.25, 0.3) is 10.8 Å². The molecule has 6 nitrogen and oxygen atoms in total. The third-order valence-electron chi connectivity index (χ3n) is 4.47. The summed E-state index contributed by atoms with van der Waals surface area (Å²) in [4.78, 5) is 38.0. The molecule has 0 aliphatic carbocycles. The number of aryl methyl sites for hydroxylation is 1. The van der Waals surface area contributed by atoms with Gasteiger partial charge in [-0.2, -0.15) is 5.10 Å². The number of halogens is 1. The van der Waals surface area contributed by atoms with Gasteiger partial charge in [0.05, 0.1) is 14.6 Å². The SMILES string of the molecule is CCCCCCn1nc(C(=O)OCC(=O)c2ccc(Cl)s2)c2ccccc2c1=O. The number of rotatable bonds is 9. The Morgan fingerprint density at radius 1 is 1.10 bits per heavy atom. The summed E-state index contributed by atoms with van der Waals surface area (Å²) in [5, 5.41) is 5.07. The van der Waals surface area contributed by atoms with Crippen LogP contribution in [-0.2, 0) is 11.3 Å². The van der Waals surface area contributed by atoms with Crippen molar-refractivity contribution in [1.82, 2.24) is 9.78 Å². The van der Waals surface area contributed by atoms with Crippen molar-refractivity contribution in [2.75, 3.05) is 6.61 Å². The lowest BCUT2D eigenvalue weighted by Crippen LogP contribution is -2.27. The number of ketones is 1. The van der Waals surface area contributed by atoms with Crippen LogP contribution in [0.2, 0.25) is 4.34 Å². The highest BCUT2D eigenvalue weighted by Crippen LogP contribution is 2.22. The van der Waals surface area contributed by atoms with E-state index in [4.69, 9.17) is 16.3 Å². The number of aromatic nitrogens is 2. The van der Waals surface area contributed by atoms with Gasteiger partial charge in [-0.25, -0.2) is 9.48 Å². The largest absolute Gasteiger partial charge is 0.452 e. The van der Waals surface area contributed by atoms with Crippen LogP contribution in [0.5, 0.6) is 0 Å². The van der Waals surface area contributed by atoms with Crippen LogP contribution in [0.15, 0.2) is 41.2 Å². The Labute approximate surface area is 177 Å². The van der Waals surface area contributed by atoms with Crippen molar-refractivity contribution in [2.45, 2.75) is 39.2 Å². The van der Waals surface area contributed by atoms with Gasteiger partial charge in [0.25, 0.3) is 5.56 Å². The second kappa shape index (κ2) is 9.80. The van der Waals surface area contributed by atoms with E-state index in [9.17, 15) is 14.4 Å². The molecule has 29 heavy (non-hydrogen) atoms. The number of thiophene rings is 1. The minimum Gasteiger partial charge on any atom is -0.452 e. The van der Waals surface area contributed by atoms with Gasteiger partial charge in [-0.05, 0) is 24.6 Å². The van der Waals surface area contributed by atoms with Crippen LogP contribution in [0.3, 0.4) is 0 Å². The van der Waals surface area contributed by atoms with Crippen molar-refractivity contribution < 1.29 is 14.3 Å². The number of Topliss-reactive ketones (excluding diaryl/α,β-unsaturated/α-hetero) is 1. The molecule has 0 bridgehead atoms. The van der Waals surface area contributed by atoms with E-state index in [1.807, 2.05) is 0 Å². The predicted molar refractivity (Wildman–Crippen MR) is 114 cm³/mol. The lowest BCUT2D eigenvalue weighted by molar-refractivity contribution is 0.0469. The molecule has 0 aliphatic heterocycles. The molecule has 0 fully saturated rings. The fourth-order valence-corrected chi connectivity index (χ4v) is 3.93. The number of fused-ring (bicyclic) bond motifs is 1. The first-order chi connectivity index (χ1) is 14.0. The first-order valence-electron chi connectivity index (χ1n) is 9.46. The smallest absolute Gasteiger partial charge is 0.359 e. The molecule has 0 amide bonds. The van der Waals surface area contributed by atoms with E-state index < -0.39 is 12.6 Å². The maximum Gasteiger partial charge on any atom is 0.359 e. The molecule has 0 saturated carbocycles. The molecule has 3 aromatic rings. The summed E-state index contributed by atoms with van der Waals surface area (Å²) in [5.41, 5.74) is -0.203. The summed E-state index contributed by atoms with van der Waals surface area (Å²) in [5.74, 6) is -1.08. The van der Waals surface area contributed by atoms with Crippen LogP contribution in [0, 0.1) is 0 Å². The summed E-state index contributed by atoms with van der Waals surface area (Å²) in [6.45, 7) is 2.12. The average molecular weight is 433 g/mol. The quantitative estimate of drug-likeness (QED) is 0.277. The van der Waals surface area contributed by atoms with Gasteiger partial charge in [-0.15, -0.1) is 11.3 Å². The molecule has 0 spiro atoms. The zero-order valence-corrected chi connectivity index (χ0v) is 17.6. The van der Waals surface area contributed by atoms with E-state index in [-0.39, 0.29) is 17.0 Å². The molecule has 0 N–H and O–H groups in total. The Kier molecular flexibility index (Phi) is 7.17. The number of carbonyl (C=O) groups is 2. The van der Waals surface area contributed by atoms with Gasteiger partial charge in [0.15, 0.2) is 12.3 Å². The Morgan fingerprint density at radius 3 is 2.55 bits per heavy atom. The van der Waals surface area contributed by atoms with E-state index in [1.165, 1.54) is 4.68 Å². The van der Waals surface area contributed by atoms with Crippen molar-refractivity contribution in [1.29, 1.82) is 0 Å². The zero-order chi connectivity index (χ0) is 20.8. The minimum atomic E-state index is -0.737. The Hall–Kier alpha value is -2.51. The maximum atomic E-state index is 12.7. The van der Waals surface area contributed by atoms with Crippen LogP contribution >= 0.6 is 22.9 Å². The minimum absolute atomic E-state index is 0.0349. The van der Waals surface area contributed by atoms with Gasteiger partial charge < -0.3 is 4.74 Å². The average Bonchev–Trinajstić information content (AvgIpc) is 3.17. The fraction of sp³-hybridized carbons (Fsp3) is 0.333. The molecule has 8 heteroatoms. The third kappa shape index (κ3) is 5.10. The standard InChI is InChI=1S/C21H21ClN2O4S/c1-2-3-4-7-12-24-20(26)15-9-6-5-8-14(15)19(23-24)21(27)28-13-16(25)17-10-11-18(22)29-17/h5-6,8-11H,2-4,7,12-13H2,1H3. The second-order valence-corrected chi connectivity index (χ2v) is 8.30. The molecule has 152 valence electrons. The monoisotopic (exact) mass is 432 g/mol. The van der Waals surface area contributed by atoms with Crippen LogP contribution in [0.4, 0.5) is 0 Å². The number of esters is 1. The number of nitrogens with zero attached hydrogens (tertiary/aromatic N) is 2. The van der Waals surface area contributed by atoms with Gasteiger partial charge in [-0.1, -0.05) is 56.0 Å². The summed E-state index contributed by atoms with van der Waals surface area (Å²) in [6.07, 6.45) is 3.94. The van der Waals surface area contributed by atoms with E-state index in [1.54, 1.807) is 36.4 Å². The molecule has 3 rings (SSSR count). The van der Waals surface area contributed by atoms with E-state index in [0.717, 1.165) is 37.0 Å². The van der Waals surface area contributed by atoms with Gasteiger partial charge in [-0.3, -0.25) is 9.59 Å². The Bertz CT molecular complexity index is 1090. The van der Waals surface area contributed by atoms with Gasteiger partial charge >= 0.3 is 5.97 Å². The molecule has 0 atom stereocenters. The summed E-state index contributed by atoms with van der Waals surface area (Å²) < 4.78 is 7.00. The van der Waals surface area contributed by atoms with E-state index in [0.29, 0.717) is 26.5 Å². The Balaban J connectivity index is 1.82. The highest BCUT2D eigenvalue weighted by molar-refractivity contribution is 7.18. The molecule has 1 aromatic carbocycles. The number of benzene rings is 1. The van der Waals surface area contributed by atoms with E-state index >= 15 is 0 Å². The highest BCUT2D eigenvalue weighted by Gasteiger charge is 2.19. The van der Waals surface area contributed by atoms with Gasteiger partial charge in [0.2, 0.25) is 5.78 Å². The Morgan fingerprint density at radius 2 is 1.86 bits per heavy atom. The summed E-state index contributed by atoms with van der Waals surface area (Å²) in [7, 11) is 0. The van der Waals surface area contributed by atoms with Crippen molar-refractivity contribution >= 4 is 45.5 Å². The van der Waals surface area contributed by atoms with Crippen molar-refractivity contribution in [3.05, 3.63) is 61.7 Å². The lowest BCUT2D eigenvalue weighted by atomic mass is 10.1. The lowest BCUT2D eigenvalue weighted by Gasteiger charge is -2.10. The summed E-state index contributed by atoms with van der Waals surface area (Å²) >= 11 is 6.97. The molecular formula is C21H21ClN2O4S. The molecule has 2 heterocycles. The number of unbranched alkanes of at least 4 members (excludes halogenated alkanes) is 3. The summed E-state index contributed by atoms with van der Waals surface area (Å²) in [6, 6.07) is 9.99. The number of hydrogen-bond donors (Lipinski definition) is 0. The maximum absolute atomic E-state index is 12.7. The molecule has 0 radical (unpaired) electrons. The van der Waals surface area contributed by atoms with Crippen LogP contribution in [-0.4, -0.2) is 28.1 Å². The first kappa shape index (κ1) is 21.2. The molecule has 0 aliphatic rings. The predicted octanol–water partition coefficient (Wildman–Crippen LogP) is 4.73. The molecule has 2 aromatic heterocycles. The first-order valence-corrected chi connectivity index (χ1v) is 10.7. The number of carbonyl (C=O) groups excluding carboxylic acids is 2. The number of ether oxygens (including phenoxy) is 1. The van der Waals surface area contributed by atoms with E-state index in [2.05, 4.69) is 12.0 Å². The fourth-order valence-electron chi connectivity index (χ4n) is 2.96. The van der Waals surface area contributed by atoms with Gasteiger partial charge in [0.1, 0.15) is 0 Å². The second-order valence-electron chi connectivity index (χ2n) is 6.59. The molecule has 0 unspecified atom stereocenters. The van der Waals surface area contributed by atoms with Crippen molar-refractivity contribution in [2.24, 2.45) is 0 Å². The van der Waals surface area contributed by atoms with Crippen LogP contribution in [0.1, 0.15) is 52.8 Å². The topological polar surface area (TPSA) is 78.3 Å². The highest BCUT2D eigenvalue weighted by atomic mass is 35.5. The number of hydrogen-bond acceptors (Lipinski definition) is 6. The van der Waals surface area contributed by atoms with Gasteiger partial charge in [0, 0.05) is 11.9 Å².